The summed E-state index contributed by atoms with van der Waals surface area (Å²) in [4.78, 5) is 0. The van der Waals surface area contributed by atoms with Crippen LogP contribution in [0.3, 0.4) is 0 Å². The van der Waals surface area contributed by atoms with Crippen LogP contribution in [0, 0.1) is 0 Å². The molecule has 84 valence electrons. The zero-order valence-electron chi connectivity index (χ0n) is 11.5. The van der Waals surface area contributed by atoms with Gasteiger partial charge < -0.3 is 4.52 Å². The molecule has 0 aliphatic carbocycles. The minimum absolute atomic E-state index is 0.151. The summed E-state index contributed by atoms with van der Waals surface area (Å²) in [5, 5.41) is 2.23. The van der Waals surface area contributed by atoms with Crippen LogP contribution in [0.5, 0.6) is 0 Å². The molecule has 0 radical (unpaired) electrons. The molecule has 1 atom stereocenters. The third kappa shape index (κ3) is 3.37. The van der Waals surface area contributed by atoms with E-state index in [-0.39, 0.29) is 24.8 Å². The molecule has 1 aliphatic rings. The van der Waals surface area contributed by atoms with E-state index >= 15 is 0 Å². The van der Waals surface area contributed by atoms with Crippen LogP contribution in [-0.4, -0.2) is 42.6 Å². The maximum atomic E-state index is 12.5. The van der Waals surface area contributed by atoms with Gasteiger partial charge in [-0.2, -0.15) is 0 Å². The number of nitrogens with one attached hydrogen (secondary N) is 1. The Bertz CT molecular complexity index is 321. The van der Waals surface area contributed by atoms with Gasteiger partial charge in [0.25, 0.3) is 0 Å². The Morgan fingerprint density at radius 1 is 1.50 bits per heavy atom. The molecular weight excluding hydrogens is 246 g/mol. The second-order valence-electron chi connectivity index (χ2n) is 2.55. The summed E-state index contributed by atoms with van der Waals surface area (Å²) in [6, 6.07) is 0. The first-order valence-electron chi connectivity index (χ1n) is 6.12. The summed E-state index contributed by atoms with van der Waals surface area (Å²) in [7, 11) is -3.84. The van der Waals surface area contributed by atoms with Crippen molar-refractivity contribution in [3.05, 3.63) is 0 Å². The van der Waals surface area contributed by atoms with Gasteiger partial charge in [0.1, 0.15) is 0 Å². The van der Waals surface area contributed by atoms with Gasteiger partial charge in [-0.15, -0.1) is 23.2 Å². The zero-order chi connectivity index (χ0) is 14.0. The molecule has 1 aliphatic heterocycles. The highest BCUT2D eigenvalue weighted by Crippen LogP contribution is 2.47. The molecule has 1 unspecified atom stereocenters. The van der Waals surface area contributed by atoms with Crippen LogP contribution in [0.2, 0.25) is 0 Å². The van der Waals surface area contributed by atoms with Gasteiger partial charge in [0.2, 0.25) is 0 Å². The predicted octanol–water partition coefficient (Wildman–Crippen LogP) is 1.88. The summed E-state index contributed by atoms with van der Waals surface area (Å²) in [5.41, 5.74) is 0. The number of alkyl halides is 2. The first kappa shape index (κ1) is 7.88. The van der Waals surface area contributed by atoms with Crippen LogP contribution >= 0.6 is 30.9 Å². The molecule has 1 fully saturated rings. The Kier molecular flexibility index (Phi) is 3.55. The van der Waals surface area contributed by atoms with Gasteiger partial charge in [0.05, 0.1) is 9.30 Å². The van der Waals surface area contributed by atoms with Gasteiger partial charge in [-0.3, -0.25) is 4.57 Å². The average molecular weight is 265 g/mol. The van der Waals surface area contributed by atoms with E-state index in [1.807, 2.05) is 0 Å². The van der Waals surface area contributed by atoms with Crippen molar-refractivity contribution in [1.82, 2.24) is 9.76 Å². The third-order valence-corrected chi connectivity index (χ3v) is 3.93. The Morgan fingerprint density at radius 2 is 2.14 bits per heavy atom. The molecule has 0 aromatic rings. The highest BCUT2D eigenvalue weighted by atomic mass is 35.5. The van der Waals surface area contributed by atoms with Crippen molar-refractivity contribution in [2.24, 2.45) is 0 Å². The predicted molar refractivity (Wildman–Crippen MR) is 59.2 cm³/mol. The molecule has 0 aromatic carbocycles. The Hall–Kier alpha value is 0.690. The first-order chi connectivity index (χ1) is 8.14. The molecule has 1 heterocycles. The Labute approximate surface area is 100 Å². The molecule has 0 bridgehead atoms. The highest BCUT2D eigenvalue weighted by Gasteiger charge is 2.32. The first-order valence-corrected chi connectivity index (χ1v) is 6.76. The van der Waals surface area contributed by atoms with Crippen molar-refractivity contribution < 1.29 is 14.6 Å². The fourth-order valence-electron chi connectivity index (χ4n) is 1.02. The summed E-state index contributed by atoms with van der Waals surface area (Å²) >= 11 is 11.2. The van der Waals surface area contributed by atoms with E-state index in [0.717, 1.165) is 0 Å². The third-order valence-electron chi connectivity index (χ3n) is 1.63. The fourth-order valence-corrected chi connectivity index (χ4v) is 3.21. The average Bonchev–Trinajstić information content (AvgIpc) is 2.11. The standard InChI is InChI=1S/C7H15Cl2N2O2P/c8-2-5-11(6-3-9)14(12)10-4-1-7-13-14/h1-7H2,(H,10,12)/i4D2,7D2. The minimum Gasteiger partial charge on any atom is -0.306 e. The smallest absolute Gasteiger partial charge is 0.306 e. The molecule has 7 heteroatoms. The van der Waals surface area contributed by atoms with Crippen LogP contribution in [-0.2, 0) is 9.09 Å². The second-order valence-corrected chi connectivity index (χ2v) is 5.32. The molecule has 1 rings (SSSR count). The van der Waals surface area contributed by atoms with Gasteiger partial charge in [0.15, 0.2) is 0 Å². The fraction of sp³-hybridized carbons (Fsp3) is 1.00. The SMILES string of the molecule is [2H]C1([2H])CC([2H])([2H])OP(=O)(N(CCCl)CCCl)N1. The zero-order valence-corrected chi connectivity index (χ0v) is 9.91. The maximum absolute atomic E-state index is 12.5. The van der Waals surface area contributed by atoms with Gasteiger partial charge in [-0.1, -0.05) is 0 Å². The molecular formula is C7H15Cl2N2O2P. The molecule has 0 saturated carbocycles. The maximum Gasteiger partial charge on any atom is 0.343 e. The van der Waals surface area contributed by atoms with Gasteiger partial charge in [-0.25, -0.2) is 9.76 Å². The van der Waals surface area contributed by atoms with E-state index in [2.05, 4.69) is 5.09 Å². The lowest BCUT2D eigenvalue weighted by Gasteiger charge is -2.33. The lowest BCUT2D eigenvalue weighted by molar-refractivity contribution is 0.233. The van der Waals surface area contributed by atoms with E-state index in [0.29, 0.717) is 0 Å². The lowest BCUT2D eigenvalue weighted by atomic mass is 10.5. The van der Waals surface area contributed by atoms with Crippen LogP contribution in [0.4, 0.5) is 0 Å². The number of hydrogen-bond donors (Lipinski definition) is 1. The van der Waals surface area contributed by atoms with Crippen molar-refractivity contribution in [3.63, 3.8) is 0 Å². The van der Waals surface area contributed by atoms with Crippen molar-refractivity contribution in [2.75, 3.05) is 37.9 Å². The van der Waals surface area contributed by atoms with Crippen LogP contribution in [0.1, 0.15) is 11.9 Å². The minimum atomic E-state index is -3.84. The second kappa shape index (κ2) is 6.31. The van der Waals surface area contributed by atoms with Crippen molar-refractivity contribution >= 4 is 30.9 Å². The van der Waals surface area contributed by atoms with Crippen LogP contribution < -0.4 is 5.09 Å². The highest BCUT2D eigenvalue weighted by molar-refractivity contribution is 7.54. The van der Waals surface area contributed by atoms with Crippen molar-refractivity contribution in [1.29, 1.82) is 0 Å². The molecule has 0 spiro atoms. The number of halogens is 2. The number of rotatable bonds is 5. The summed E-state index contributed by atoms with van der Waals surface area (Å²) < 4.78 is 48.8. The van der Waals surface area contributed by atoms with E-state index in [1.54, 1.807) is 0 Å². The van der Waals surface area contributed by atoms with Crippen molar-refractivity contribution in [2.45, 2.75) is 6.42 Å². The molecule has 0 aromatic heterocycles. The van der Waals surface area contributed by atoms with Gasteiger partial charge >= 0.3 is 7.67 Å². The van der Waals surface area contributed by atoms with E-state index in [1.165, 1.54) is 4.67 Å². The molecule has 1 N–H and O–H groups in total. The largest absolute Gasteiger partial charge is 0.343 e. The normalized spacial score (nSPS) is 39.6. The quantitative estimate of drug-likeness (QED) is 0.608. The Morgan fingerprint density at radius 3 is 2.64 bits per heavy atom. The van der Waals surface area contributed by atoms with E-state index in [9.17, 15) is 4.57 Å². The Balaban J connectivity index is 2.97. The van der Waals surface area contributed by atoms with Crippen LogP contribution in [0.25, 0.3) is 0 Å². The lowest BCUT2D eigenvalue weighted by Crippen LogP contribution is -2.35. The molecule has 0 amide bonds. The van der Waals surface area contributed by atoms with Gasteiger partial charge in [-0.05, 0) is 6.42 Å². The summed E-state index contributed by atoms with van der Waals surface area (Å²) in [6.45, 7) is -4.11. The van der Waals surface area contributed by atoms with Gasteiger partial charge in [0, 0.05) is 34.1 Å². The number of nitrogens with zero attached hydrogens (tertiary/aromatic N) is 1. The molecule has 4 nitrogen and oxygen atoms in total. The summed E-state index contributed by atoms with van der Waals surface area (Å²) in [5.74, 6) is 0.301. The molecule has 14 heavy (non-hydrogen) atoms. The number of hydrogen-bond acceptors (Lipinski definition) is 2. The topological polar surface area (TPSA) is 41.6 Å². The van der Waals surface area contributed by atoms with E-state index in [4.69, 9.17) is 33.2 Å². The molecule has 1 saturated heterocycles. The van der Waals surface area contributed by atoms with E-state index < -0.39 is 27.1 Å². The van der Waals surface area contributed by atoms with Crippen molar-refractivity contribution in [3.8, 4) is 0 Å². The summed E-state index contributed by atoms with van der Waals surface area (Å²) in [6.07, 6.45) is -0.542. The monoisotopic (exact) mass is 264 g/mol. The van der Waals surface area contributed by atoms with Crippen LogP contribution in [0.15, 0.2) is 0 Å².